The highest BCUT2D eigenvalue weighted by atomic mass is 16.5. The van der Waals surface area contributed by atoms with Crippen LogP contribution < -0.4 is 30.1 Å². The van der Waals surface area contributed by atoms with Crippen LogP contribution in [0.4, 0.5) is 11.4 Å². The number of hydrogen-bond acceptors (Lipinski definition) is 12. The molecule has 1 heterocycles. The van der Waals surface area contributed by atoms with Crippen molar-refractivity contribution in [1.29, 1.82) is 0 Å². The molecule has 1 aliphatic heterocycles. The highest BCUT2D eigenvalue weighted by Gasteiger charge is 2.33. The number of hydrogen-bond donors (Lipinski definition) is 3. The Labute approximate surface area is 343 Å². The van der Waals surface area contributed by atoms with E-state index in [0.717, 1.165) is 16.6 Å². The van der Waals surface area contributed by atoms with Crippen molar-refractivity contribution in [3.8, 4) is 11.5 Å². The quantitative estimate of drug-likeness (QED) is 0.0675. The van der Waals surface area contributed by atoms with Gasteiger partial charge >= 0.3 is 5.97 Å². The van der Waals surface area contributed by atoms with Crippen LogP contribution in [-0.4, -0.2) is 105 Å². The topological polar surface area (TPSA) is 196 Å². The molecule has 0 unspecified atom stereocenters. The summed E-state index contributed by atoms with van der Waals surface area (Å²) in [5.74, 6) is -1.97. The van der Waals surface area contributed by atoms with Gasteiger partial charge in [0.1, 0.15) is 18.1 Å². The SMILES string of the molecule is CCOc1cc(N(CCOCC(=O)[O-])CCOCC(=O)O)c(OCC)cc1CCNc1ccc2c3c(cccc13)C(=O)N(Cc1ccc(C(=O)NCC(C)C)cc1)C2=O. The summed E-state index contributed by atoms with van der Waals surface area (Å²) in [6, 6.07) is 19.6. The van der Waals surface area contributed by atoms with E-state index in [1.54, 1.807) is 42.5 Å². The maximum atomic E-state index is 13.8. The molecule has 59 heavy (non-hydrogen) atoms. The fourth-order valence-corrected chi connectivity index (χ4v) is 6.73. The summed E-state index contributed by atoms with van der Waals surface area (Å²) in [6.07, 6.45) is 0.499. The van der Waals surface area contributed by atoms with Gasteiger partial charge in [0.05, 0.1) is 51.2 Å². The van der Waals surface area contributed by atoms with Crippen LogP contribution in [-0.2, 0) is 32.0 Å². The molecule has 0 aliphatic carbocycles. The van der Waals surface area contributed by atoms with Crippen LogP contribution >= 0.6 is 0 Å². The van der Waals surface area contributed by atoms with Gasteiger partial charge in [-0.1, -0.05) is 38.1 Å². The molecular formula is C44H51N4O11-. The minimum absolute atomic E-state index is 0.0473. The fourth-order valence-electron chi connectivity index (χ4n) is 6.73. The second-order valence-electron chi connectivity index (χ2n) is 14.2. The molecule has 0 saturated carbocycles. The normalized spacial score (nSPS) is 12.2. The van der Waals surface area contributed by atoms with E-state index in [0.29, 0.717) is 83.5 Å². The highest BCUT2D eigenvalue weighted by Crippen LogP contribution is 2.38. The van der Waals surface area contributed by atoms with Gasteiger partial charge in [0.2, 0.25) is 0 Å². The Bertz CT molecular complexity index is 2090. The second kappa shape index (κ2) is 21.0. The van der Waals surface area contributed by atoms with Crippen molar-refractivity contribution in [2.24, 2.45) is 5.92 Å². The van der Waals surface area contributed by atoms with Gasteiger partial charge in [0, 0.05) is 65.4 Å². The minimum atomic E-state index is -1.34. The van der Waals surface area contributed by atoms with Crippen LogP contribution in [0.25, 0.3) is 10.8 Å². The number of anilines is 2. The van der Waals surface area contributed by atoms with Crippen LogP contribution in [0.2, 0.25) is 0 Å². The van der Waals surface area contributed by atoms with Crippen molar-refractivity contribution in [1.82, 2.24) is 10.2 Å². The van der Waals surface area contributed by atoms with Crippen LogP contribution in [0.5, 0.6) is 11.5 Å². The van der Waals surface area contributed by atoms with E-state index in [1.165, 1.54) is 4.90 Å². The lowest BCUT2D eigenvalue weighted by atomic mass is 9.92. The zero-order valence-electron chi connectivity index (χ0n) is 33.8. The van der Waals surface area contributed by atoms with Crippen molar-refractivity contribution in [2.45, 2.75) is 40.7 Å². The van der Waals surface area contributed by atoms with E-state index < -0.39 is 37.0 Å². The number of nitrogens with zero attached hydrogens (tertiary/aromatic N) is 2. The van der Waals surface area contributed by atoms with Crippen molar-refractivity contribution in [3.63, 3.8) is 0 Å². The lowest BCUT2D eigenvalue weighted by molar-refractivity contribution is -0.309. The lowest BCUT2D eigenvalue weighted by Crippen LogP contribution is -2.39. The zero-order chi connectivity index (χ0) is 42.5. The maximum absolute atomic E-state index is 13.8. The third-order valence-corrected chi connectivity index (χ3v) is 9.47. The number of imide groups is 1. The lowest BCUT2D eigenvalue weighted by Gasteiger charge is -2.28. The molecule has 4 aromatic carbocycles. The van der Waals surface area contributed by atoms with Gasteiger partial charge in [-0.3, -0.25) is 19.3 Å². The summed E-state index contributed by atoms with van der Waals surface area (Å²) in [5, 5.41) is 27.6. The van der Waals surface area contributed by atoms with Gasteiger partial charge in [-0.15, -0.1) is 0 Å². The summed E-state index contributed by atoms with van der Waals surface area (Å²) in [5.41, 5.74) is 4.28. The van der Waals surface area contributed by atoms with Crippen molar-refractivity contribution >= 4 is 51.8 Å². The number of amides is 3. The van der Waals surface area contributed by atoms with Crippen molar-refractivity contribution in [2.75, 3.05) is 76.0 Å². The molecule has 0 spiro atoms. The van der Waals surface area contributed by atoms with Gasteiger partial charge < -0.3 is 49.5 Å². The number of ether oxygens (including phenoxy) is 4. The van der Waals surface area contributed by atoms with Crippen LogP contribution in [0.15, 0.2) is 66.7 Å². The number of benzene rings is 4. The molecule has 3 amide bonds. The first-order valence-corrected chi connectivity index (χ1v) is 19.7. The molecule has 15 heteroatoms. The summed E-state index contributed by atoms with van der Waals surface area (Å²) in [6.45, 7) is 9.13. The molecule has 3 N–H and O–H groups in total. The molecule has 5 rings (SSSR count). The van der Waals surface area contributed by atoms with E-state index in [4.69, 9.17) is 24.1 Å². The second-order valence-corrected chi connectivity index (χ2v) is 14.2. The van der Waals surface area contributed by atoms with E-state index in [9.17, 15) is 29.1 Å². The third-order valence-electron chi connectivity index (χ3n) is 9.47. The third kappa shape index (κ3) is 11.5. The Morgan fingerprint density at radius 1 is 0.847 bits per heavy atom. The highest BCUT2D eigenvalue weighted by molar-refractivity contribution is 6.26. The predicted octanol–water partition coefficient (Wildman–Crippen LogP) is 4.15. The molecular weight excluding hydrogens is 761 g/mol. The zero-order valence-corrected chi connectivity index (χ0v) is 33.8. The Morgan fingerprint density at radius 2 is 1.51 bits per heavy atom. The summed E-state index contributed by atoms with van der Waals surface area (Å²) in [4.78, 5) is 65.2. The Kier molecular flexibility index (Phi) is 15.6. The van der Waals surface area contributed by atoms with E-state index in [1.807, 2.05) is 56.9 Å². The molecule has 0 bridgehead atoms. The number of carbonyl (C=O) groups is 5. The Morgan fingerprint density at radius 3 is 2.15 bits per heavy atom. The minimum Gasteiger partial charge on any atom is -0.548 e. The molecule has 0 atom stereocenters. The summed E-state index contributed by atoms with van der Waals surface area (Å²) in [7, 11) is 0. The molecule has 0 radical (unpaired) electrons. The molecule has 0 saturated heterocycles. The fraction of sp³-hybridized carbons (Fsp3) is 0.386. The number of nitrogens with one attached hydrogen (secondary N) is 2. The van der Waals surface area contributed by atoms with Gasteiger partial charge in [-0.25, -0.2) is 4.79 Å². The van der Waals surface area contributed by atoms with E-state index >= 15 is 0 Å². The number of rotatable bonds is 24. The van der Waals surface area contributed by atoms with Gasteiger partial charge in [-0.2, -0.15) is 0 Å². The smallest absolute Gasteiger partial charge is 0.329 e. The number of carboxylic acids is 2. The van der Waals surface area contributed by atoms with Crippen molar-refractivity contribution in [3.05, 3.63) is 94.5 Å². The first kappa shape index (κ1) is 43.9. The standard InChI is InChI=1S/C44H52N4O11/c1-5-58-37-23-36(47(18-20-56-26-39(49)50)19-21-57-27-40(51)52)38(59-6-2)22-31(37)16-17-45-35-15-14-34-41-32(35)8-7-9-33(41)43(54)48(44(34)55)25-29-10-12-30(13-11-29)42(53)46-24-28(3)4/h7-15,22-23,28,45H,5-6,16-21,24-27H2,1-4H3,(H,46,53)(H,49,50)(H,51,52)/p-1. The van der Waals surface area contributed by atoms with E-state index in [-0.39, 0.29) is 38.8 Å². The Hall–Kier alpha value is -6.19. The van der Waals surface area contributed by atoms with Gasteiger partial charge in [-0.05, 0) is 73.7 Å². The molecule has 0 aromatic heterocycles. The first-order valence-electron chi connectivity index (χ1n) is 19.7. The monoisotopic (exact) mass is 811 g/mol. The summed E-state index contributed by atoms with van der Waals surface area (Å²) >= 11 is 0. The maximum Gasteiger partial charge on any atom is 0.329 e. The number of carbonyl (C=O) groups excluding carboxylic acids is 4. The first-order chi connectivity index (χ1) is 28.4. The predicted molar refractivity (Wildman–Crippen MR) is 219 cm³/mol. The molecule has 15 nitrogen and oxygen atoms in total. The van der Waals surface area contributed by atoms with Crippen molar-refractivity contribution < 1.29 is 53.1 Å². The van der Waals surface area contributed by atoms with Gasteiger partial charge in [0.25, 0.3) is 17.7 Å². The van der Waals surface area contributed by atoms with Gasteiger partial charge in [0.15, 0.2) is 0 Å². The average molecular weight is 812 g/mol. The number of carboxylic acid groups (broad SMARTS) is 2. The van der Waals surface area contributed by atoms with E-state index in [2.05, 4.69) is 10.6 Å². The molecule has 4 aromatic rings. The summed E-state index contributed by atoms with van der Waals surface area (Å²) < 4.78 is 22.7. The Balaban J connectivity index is 1.33. The molecule has 0 fully saturated rings. The largest absolute Gasteiger partial charge is 0.548 e. The number of aliphatic carboxylic acids is 2. The molecule has 314 valence electrons. The van der Waals surface area contributed by atoms with Crippen LogP contribution in [0.3, 0.4) is 0 Å². The van der Waals surface area contributed by atoms with Crippen LogP contribution in [0, 0.1) is 5.92 Å². The molecule has 1 aliphatic rings. The average Bonchev–Trinajstić information content (AvgIpc) is 3.21. The van der Waals surface area contributed by atoms with Crippen LogP contribution in [0.1, 0.15) is 69.9 Å².